The summed E-state index contributed by atoms with van der Waals surface area (Å²) in [6.45, 7) is 3.62. The molecule has 2 aromatic rings. The van der Waals surface area contributed by atoms with Crippen molar-refractivity contribution in [3.8, 4) is 6.07 Å². The number of halogens is 3. The summed E-state index contributed by atoms with van der Waals surface area (Å²) in [5.74, 6) is -1.60. The van der Waals surface area contributed by atoms with E-state index in [2.05, 4.69) is 16.7 Å². The van der Waals surface area contributed by atoms with Gasteiger partial charge in [-0.05, 0) is 43.7 Å². The number of rotatable bonds is 7. The number of hydrogen-bond acceptors (Lipinski definition) is 6. The van der Waals surface area contributed by atoms with Crippen LogP contribution in [-0.4, -0.2) is 24.2 Å². The lowest BCUT2D eigenvalue weighted by Crippen LogP contribution is -2.29. The molecule has 0 fully saturated rings. The monoisotopic (exact) mass is 535 g/mol. The molecule has 1 heterocycles. The minimum Gasteiger partial charge on any atom is -0.463 e. The lowest BCUT2D eigenvalue weighted by molar-refractivity contribution is -0.138. The molecule has 2 N–H and O–H groups in total. The number of carbonyl (C=O) groups is 2. The van der Waals surface area contributed by atoms with Crippen LogP contribution in [0.25, 0.3) is 0 Å². The quantitative estimate of drug-likeness (QED) is 0.405. The van der Waals surface area contributed by atoms with Gasteiger partial charge < -0.3 is 15.4 Å². The van der Waals surface area contributed by atoms with Gasteiger partial charge in [0.05, 0.1) is 40.5 Å². The minimum atomic E-state index is -0.740. The number of nitriles is 1. The molecule has 176 valence electrons. The molecule has 0 unspecified atom stereocenters. The van der Waals surface area contributed by atoms with Gasteiger partial charge in [-0.1, -0.05) is 64.8 Å². The third-order valence-electron chi connectivity index (χ3n) is 4.85. The lowest BCUT2D eigenvalue weighted by atomic mass is 9.82. The molecular formula is C24H20Cl3N3O3S. The van der Waals surface area contributed by atoms with Crippen molar-refractivity contribution in [2.75, 3.05) is 17.7 Å². The summed E-state index contributed by atoms with van der Waals surface area (Å²) in [6.07, 6.45) is 0. The average Bonchev–Trinajstić information content (AvgIpc) is 2.77. The highest BCUT2D eigenvalue weighted by Crippen LogP contribution is 2.43. The van der Waals surface area contributed by atoms with Gasteiger partial charge in [0.1, 0.15) is 0 Å². The zero-order valence-corrected chi connectivity index (χ0v) is 21.3. The Morgan fingerprint density at radius 1 is 1.18 bits per heavy atom. The fourth-order valence-corrected chi connectivity index (χ4v) is 5.15. The molecule has 6 nitrogen and oxygen atoms in total. The Bertz CT molecular complexity index is 1220. The molecule has 1 amide bonds. The third kappa shape index (κ3) is 6.08. The van der Waals surface area contributed by atoms with E-state index >= 15 is 0 Å². The van der Waals surface area contributed by atoms with E-state index in [9.17, 15) is 14.9 Å². The van der Waals surface area contributed by atoms with E-state index in [1.165, 1.54) is 0 Å². The van der Waals surface area contributed by atoms with E-state index < -0.39 is 11.9 Å². The Labute approximate surface area is 216 Å². The summed E-state index contributed by atoms with van der Waals surface area (Å²) in [7, 11) is 0. The van der Waals surface area contributed by atoms with Gasteiger partial charge >= 0.3 is 5.97 Å². The number of allylic oxidation sites excluding steroid dienone is 2. The zero-order chi connectivity index (χ0) is 24.8. The fourth-order valence-electron chi connectivity index (χ4n) is 3.49. The van der Waals surface area contributed by atoms with Gasteiger partial charge in [0, 0.05) is 26.5 Å². The van der Waals surface area contributed by atoms with E-state index in [0.717, 1.165) is 11.8 Å². The van der Waals surface area contributed by atoms with Crippen molar-refractivity contribution in [2.45, 2.75) is 19.8 Å². The molecular weight excluding hydrogens is 517 g/mol. The highest BCUT2D eigenvalue weighted by atomic mass is 35.5. The second kappa shape index (κ2) is 11.7. The summed E-state index contributed by atoms with van der Waals surface area (Å²) in [5, 5.41) is 17.5. The summed E-state index contributed by atoms with van der Waals surface area (Å²) in [6, 6.07) is 13.9. The number of nitrogens with zero attached hydrogens (tertiary/aromatic N) is 1. The maximum absolute atomic E-state index is 12.8. The molecule has 2 aromatic carbocycles. The molecule has 0 bridgehead atoms. The average molecular weight is 537 g/mol. The molecule has 0 radical (unpaired) electrons. The molecule has 10 heteroatoms. The van der Waals surface area contributed by atoms with Gasteiger partial charge in [0.25, 0.3) is 0 Å². The van der Waals surface area contributed by atoms with E-state index in [1.54, 1.807) is 56.3 Å². The Kier molecular flexibility index (Phi) is 8.92. The van der Waals surface area contributed by atoms with E-state index in [0.29, 0.717) is 42.6 Å². The second-order valence-electron chi connectivity index (χ2n) is 7.19. The number of benzene rings is 2. The normalized spacial score (nSPS) is 15.5. The van der Waals surface area contributed by atoms with Crippen LogP contribution in [0.3, 0.4) is 0 Å². The van der Waals surface area contributed by atoms with Crippen LogP contribution in [-0.2, 0) is 14.3 Å². The summed E-state index contributed by atoms with van der Waals surface area (Å²) in [5.41, 5.74) is 2.15. The zero-order valence-electron chi connectivity index (χ0n) is 18.2. The molecule has 0 saturated heterocycles. The standard InChI is InChI=1S/C24H20Cl3N3O3S/c1-3-33-24(32)21-13(2)29-23(18(11-28)22(21)17-6-4-5-7-19(17)27)34-12-20(31)30-16-9-14(25)8-15(26)10-16/h4-10,22,29H,3,12H2,1-2H3,(H,30,31)/t22-/m0/s1. The van der Waals surface area contributed by atoms with Gasteiger partial charge in [-0.2, -0.15) is 5.26 Å². The first-order valence-electron chi connectivity index (χ1n) is 10.2. The highest BCUT2D eigenvalue weighted by Gasteiger charge is 2.36. The van der Waals surface area contributed by atoms with Crippen LogP contribution in [0, 0.1) is 11.3 Å². The van der Waals surface area contributed by atoms with Crippen LogP contribution in [0.5, 0.6) is 0 Å². The van der Waals surface area contributed by atoms with Gasteiger partial charge in [0.2, 0.25) is 5.91 Å². The predicted molar refractivity (Wildman–Crippen MR) is 137 cm³/mol. The smallest absolute Gasteiger partial charge is 0.336 e. The molecule has 0 saturated carbocycles. The van der Waals surface area contributed by atoms with Crippen molar-refractivity contribution >= 4 is 64.1 Å². The second-order valence-corrected chi connectivity index (χ2v) is 9.45. The van der Waals surface area contributed by atoms with E-state index in [1.807, 2.05) is 0 Å². The number of nitrogens with one attached hydrogen (secondary N) is 2. The van der Waals surface area contributed by atoms with Gasteiger partial charge in [0.15, 0.2) is 0 Å². The first kappa shape index (κ1) is 26.0. The van der Waals surface area contributed by atoms with Crippen molar-refractivity contribution in [2.24, 2.45) is 0 Å². The van der Waals surface area contributed by atoms with Crippen LogP contribution in [0.15, 0.2) is 64.3 Å². The maximum Gasteiger partial charge on any atom is 0.336 e. The van der Waals surface area contributed by atoms with Crippen molar-refractivity contribution in [1.29, 1.82) is 5.26 Å². The van der Waals surface area contributed by atoms with Gasteiger partial charge in [-0.25, -0.2) is 4.79 Å². The largest absolute Gasteiger partial charge is 0.463 e. The molecule has 3 rings (SSSR count). The SMILES string of the molecule is CCOC(=O)C1=C(C)NC(SCC(=O)Nc2cc(Cl)cc(Cl)c2)=C(C#N)[C@@H]1c1ccccc1Cl. The number of anilines is 1. The molecule has 0 aliphatic carbocycles. The number of carbonyl (C=O) groups excluding carboxylic acids is 2. The van der Waals surface area contributed by atoms with Gasteiger partial charge in [-0.3, -0.25) is 4.79 Å². The summed E-state index contributed by atoms with van der Waals surface area (Å²) in [4.78, 5) is 25.4. The van der Waals surface area contributed by atoms with Crippen LogP contribution in [0.4, 0.5) is 5.69 Å². The Morgan fingerprint density at radius 3 is 2.47 bits per heavy atom. The number of hydrogen-bond donors (Lipinski definition) is 2. The first-order valence-corrected chi connectivity index (χ1v) is 12.3. The Balaban J connectivity index is 1.91. The molecule has 1 aliphatic heterocycles. The predicted octanol–water partition coefficient (Wildman–Crippen LogP) is 6.28. The van der Waals surface area contributed by atoms with E-state index in [-0.39, 0.29) is 23.8 Å². The molecule has 1 aliphatic rings. The van der Waals surface area contributed by atoms with Crippen LogP contribution in [0.2, 0.25) is 15.1 Å². The Morgan fingerprint density at radius 2 is 1.85 bits per heavy atom. The maximum atomic E-state index is 12.8. The molecule has 0 spiro atoms. The number of esters is 1. The van der Waals surface area contributed by atoms with Crippen molar-refractivity contribution in [3.63, 3.8) is 0 Å². The third-order valence-corrected chi connectivity index (χ3v) is 6.65. The number of thioether (sulfide) groups is 1. The first-order chi connectivity index (χ1) is 16.2. The summed E-state index contributed by atoms with van der Waals surface area (Å²) < 4.78 is 5.25. The topological polar surface area (TPSA) is 91.2 Å². The van der Waals surface area contributed by atoms with Crippen molar-refractivity contribution in [3.05, 3.63) is 85.0 Å². The van der Waals surface area contributed by atoms with E-state index in [4.69, 9.17) is 39.5 Å². The Hall–Kier alpha value is -2.63. The summed E-state index contributed by atoms with van der Waals surface area (Å²) >= 11 is 19.6. The van der Waals surface area contributed by atoms with Crippen molar-refractivity contribution < 1.29 is 14.3 Å². The van der Waals surface area contributed by atoms with Crippen LogP contribution >= 0.6 is 46.6 Å². The van der Waals surface area contributed by atoms with Crippen LogP contribution in [0.1, 0.15) is 25.3 Å². The number of ether oxygens (including phenoxy) is 1. The number of amides is 1. The molecule has 34 heavy (non-hydrogen) atoms. The molecule has 1 atom stereocenters. The number of dihydropyridines is 1. The van der Waals surface area contributed by atoms with Crippen LogP contribution < -0.4 is 10.6 Å². The van der Waals surface area contributed by atoms with Crippen molar-refractivity contribution in [1.82, 2.24) is 5.32 Å². The lowest BCUT2D eigenvalue weighted by Gasteiger charge is -2.29. The molecule has 0 aromatic heterocycles. The highest BCUT2D eigenvalue weighted by molar-refractivity contribution is 8.03. The minimum absolute atomic E-state index is 0.00505. The fraction of sp³-hybridized carbons (Fsp3) is 0.208. The van der Waals surface area contributed by atoms with Gasteiger partial charge in [-0.15, -0.1) is 0 Å².